The molecule has 2 rings (SSSR count). The Balaban J connectivity index is 2.16. The van der Waals surface area contributed by atoms with E-state index in [0.717, 1.165) is 17.1 Å². The van der Waals surface area contributed by atoms with E-state index in [4.69, 9.17) is 4.42 Å². The predicted molar refractivity (Wildman–Crippen MR) is 62.2 cm³/mol. The molecule has 5 heteroatoms. The molecule has 0 aliphatic rings. The smallest absolute Gasteiger partial charge is 0.217 e. The number of hydrogen-bond donors (Lipinski definition) is 1. The van der Waals surface area contributed by atoms with Crippen molar-refractivity contribution < 1.29 is 8.81 Å². The number of nitrogens with zero attached hydrogens (tertiary/aromatic N) is 2. The normalized spacial score (nSPS) is 12.5. The molecule has 0 fully saturated rings. The summed E-state index contributed by atoms with van der Waals surface area (Å²) in [7, 11) is 0. The highest BCUT2D eigenvalue weighted by Crippen LogP contribution is 2.23. The molecule has 1 N–H and O–H groups in total. The fraction of sp³-hybridized carbons (Fsp3) is 0.333. The maximum absolute atomic E-state index is 12.9. The van der Waals surface area contributed by atoms with E-state index in [1.807, 2.05) is 26.8 Å². The molecule has 2 aromatic rings. The van der Waals surface area contributed by atoms with Crippen LogP contribution in [0.4, 0.5) is 10.2 Å². The highest BCUT2D eigenvalue weighted by molar-refractivity contribution is 5.38. The number of aryl methyl sites for hydroxylation is 2. The second-order valence-corrected chi connectivity index (χ2v) is 3.96. The third-order valence-electron chi connectivity index (χ3n) is 2.54. The number of halogens is 1. The highest BCUT2D eigenvalue weighted by atomic mass is 19.1. The van der Waals surface area contributed by atoms with E-state index in [9.17, 15) is 4.39 Å². The fourth-order valence-corrected chi connectivity index (χ4v) is 1.79. The number of hydrogen-bond acceptors (Lipinski definition) is 4. The molecule has 0 saturated carbocycles. The Morgan fingerprint density at radius 1 is 1.29 bits per heavy atom. The van der Waals surface area contributed by atoms with Crippen LogP contribution in [0.1, 0.15) is 30.0 Å². The largest absolute Gasteiger partial charge is 0.466 e. The molecule has 0 radical (unpaired) electrons. The lowest BCUT2D eigenvalue weighted by Crippen LogP contribution is -2.08. The van der Waals surface area contributed by atoms with Crippen molar-refractivity contribution in [2.24, 2.45) is 0 Å². The Hall–Kier alpha value is -1.91. The van der Waals surface area contributed by atoms with Crippen LogP contribution in [0.2, 0.25) is 0 Å². The van der Waals surface area contributed by atoms with Crippen molar-refractivity contribution in [1.82, 2.24) is 9.97 Å². The van der Waals surface area contributed by atoms with Crippen molar-refractivity contribution in [3.05, 3.63) is 41.5 Å². The monoisotopic (exact) mass is 235 g/mol. The molecular weight excluding hydrogens is 221 g/mol. The van der Waals surface area contributed by atoms with Crippen LogP contribution in [-0.4, -0.2) is 9.97 Å². The van der Waals surface area contributed by atoms with Crippen LogP contribution >= 0.6 is 0 Å². The number of nitrogens with one attached hydrogen (secondary N) is 1. The van der Waals surface area contributed by atoms with E-state index in [2.05, 4.69) is 15.3 Å². The van der Waals surface area contributed by atoms with Gasteiger partial charge in [-0.15, -0.1) is 0 Å². The van der Waals surface area contributed by atoms with Crippen molar-refractivity contribution in [1.29, 1.82) is 0 Å². The zero-order valence-corrected chi connectivity index (χ0v) is 9.99. The summed E-state index contributed by atoms with van der Waals surface area (Å²) in [4.78, 5) is 7.35. The van der Waals surface area contributed by atoms with E-state index in [1.165, 1.54) is 12.4 Å². The summed E-state index contributed by atoms with van der Waals surface area (Å²) in [5.74, 6) is 1.63. The third kappa shape index (κ3) is 2.61. The first-order chi connectivity index (χ1) is 8.06. The van der Waals surface area contributed by atoms with E-state index in [1.54, 1.807) is 0 Å². The minimum atomic E-state index is -0.546. The molecule has 90 valence electrons. The average Bonchev–Trinajstić information content (AvgIpc) is 2.58. The lowest BCUT2D eigenvalue weighted by Gasteiger charge is -2.13. The van der Waals surface area contributed by atoms with Gasteiger partial charge in [0.2, 0.25) is 5.95 Å². The zero-order valence-electron chi connectivity index (χ0n) is 9.99. The van der Waals surface area contributed by atoms with E-state index in [-0.39, 0.29) is 6.04 Å². The minimum absolute atomic E-state index is 0.00162. The Morgan fingerprint density at radius 2 is 2.06 bits per heavy atom. The van der Waals surface area contributed by atoms with Crippen LogP contribution in [0.5, 0.6) is 0 Å². The molecule has 0 spiro atoms. The van der Waals surface area contributed by atoms with Crippen LogP contribution in [-0.2, 0) is 0 Å². The lowest BCUT2D eigenvalue weighted by molar-refractivity contribution is 0.499. The number of rotatable bonds is 3. The summed E-state index contributed by atoms with van der Waals surface area (Å²) in [6.07, 6.45) is 1.19. The fourth-order valence-electron chi connectivity index (χ4n) is 1.79. The van der Waals surface area contributed by atoms with Gasteiger partial charge in [-0.25, -0.2) is 9.97 Å². The van der Waals surface area contributed by atoms with Gasteiger partial charge in [-0.1, -0.05) is 0 Å². The first-order valence-corrected chi connectivity index (χ1v) is 5.37. The molecule has 17 heavy (non-hydrogen) atoms. The molecule has 2 aromatic heterocycles. The second kappa shape index (κ2) is 4.53. The Labute approximate surface area is 98.9 Å². The summed E-state index contributed by atoms with van der Waals surface area (Å²) >= 11 is 0. The van der Waals surface area contributed by atoms with Gasteiger partial charge in [-0.2, -0.15) is 4.39 Å². The van der Waals surface area contributed by atoms with Crippen LogP contribution in [0.15, 0.2) is 22.9 Å². The maximum atomic E-state index is 12.9. The molecule has 0 amide bonds. The molecule has 1 atom stereocenters. The Morgan fingerprint density at radius 3 is 2.65 bits per heavy atom. The molecule has 0 aromatic carbocycles. The van der Waals surface area contributed by atoms with Crippen molar-refractivity contribution in [2.45, 2.75) is 26.8 Å². The van der Waals surface area contributed by atoms with Crippen molar-refractivity contribution in [2.75, 3.05) is 5.32 Å². The standard InChI is InChI=1S/C12H14FN3O/c1-7-4-10(9(3)17-7)8(2)16-12-5-11(13)14-6-15-12/h4-6,8H,1-3H3,(H,14,15,16). The lowest BCUT2D eigenvalue weighted by atomic mass is 10.1. The average molecular weight is 235 g/mol. The van der Waals surface area contributed by atoms with Gasteiger partial charge < -0.3 is 9.73 Å². The number of anilines is 1. The Bertz CT molecular complexity index is 524. The number of furan rings is 1. The quantitative estimate of drug-likeness (QED) is 0.831. The van der Waals surface area contributed by atoms with E-state index >= 15 is 0 Å². The SMILES string of the molecule is Cc1cc(C(C)Nc2cc(F)ncn2)c(C)o1. The zero-order chi connectivity index (χ0) is 12.4. The summed E-state index contributed by atoms with van der Waals surface area (Å²) in [6.45, 7) is 5.77. The van der Waals surface area contributed by atoms with Crippen LogP contribution < -0.4 is 5.32 Å². The highest BCUT2D eigenvalue weighted by Gasteiger charge is 2.13. The van der Waals surface area contributed by atoms with Gasteiger partial charge >= 0.3 is 0 Å². The van der Waals surface area contributed by atoms with Gasteiger partial charge in [-0.3, -0.25) is 0 Å². The summed E-state index contributed by atoms with van der Waals surface area (Å²) < 4.78 is 18.3. The maximum Gasteiger partial charge on any atom is 0.217 e. The van der Waals surface area contributed by atoms with Crippen LogP contribution in [0.3, 0.4) is 0 Å². The summed E-state index contributed by atoms with van der Waals surface area (Å²) in [5, 5.41) is 3.10. The first-order valence-electron chi connectivity index (χ1n) is 5.37. The van der Waals surface area contributed by atoms with Crippen LogP contribution in [0, 0.1) is 19.8 Å². The molecule has 1 unspecified atom stereocenters. The van der Waals surface area contributed by atoms with Gasteiger partial charge in [0.05, 0.1) is 6.04 Å². The van der Waals surface area contributed by atoms with Gasteiger partial charge in [0.15, 0.2) is 0 Å². The Kier molecular flexibility index (Phi) is 3.08. The molecule has 4 nitrogen and oxygen atoms in total. The van der Waals surface area contributed by atoms with Crippen molar-refractivity contribution in [3.63, 3.8) is 0 Å². The predicted octanol–water partition coefficient (Wildman–Crippen LogP) is 3.00. The molecule has 0 aliphatic heterocycles. The minimum Gasteiger partial charge on any atom is -0.466 e. The van der Waals surface area contributed by atoms with E-state index in [0.29, 0.717) is 5.82 Å². The van der Waals surface area contributed by atoms with Crippen molar-refractivity contribution in [3.8, 4) is 0 Å². The second-order valence-electron chi connectivity index (χ2n) is 3.96. The first kappa shape index (κ1) is 11.6. The van der Waals surface area contributed by atoms with Gasteiger partial charge in [0.1, 0.15) is 23.7 Å². The molecule has 0 saturated heterocycles. The summed E-state index contributed by atoms with van der Waals surface area (Å²) in [5.41, 5.74) is 1.04. The topological polar surface area (TPSA) is 51.0 Å². The van der Waals surface area contributed by atoms with Crippen LogP contribution in [0.25, 0.3) is 0 Å². The molecular formula is C12H14FN3O. The van der Waals surface area contributed by atoms with Gasteiger partial charge in [-0.05, 0) is 26.8 Å². The third-order valence-corrected chi connectivity index (χ3v) is 2.54. The molecule has 2 heterocycles. The van der Waals surface area contributed by atoms with Gasteiger partial charge in [0.25, 0.3) is 0 Å². The summed E-state index contributed by atoms with van der Waals surface area (Å²) in [6, 6.07) is 3.23. The van der Waals surface area contributed by atoms with E-state index < -0.39 is 5.95 Å². The molecule has 0 bridgehead atoms. The molecule has 0 aliphatic carbocycles. The number of aromatic nitrogens is 2. The van der Waals surface area contributed by atoms with Crippen molar-refractivity contribution >= 4 is 5.82 Å². The van der Waals surface area contributed by atoms with Gasteiger partial charge in [0, 0.05) is 11.6 Å².